The molecule has 0 radical (unpaired) electrons. The molecule has 3 aromatic rings. The summed E-state index contributed by atoms with van der Waals surface area (Å²) in [6.45, 7) is 1.77. The first kappa shape index (κ1) is 18.9. The molecule has 0 fully saturated rings. The van der Waals surface area contributed by atoms with E-state index in [4.69, 9.17) is 23.2 Å². The second-order valence-corrected chi connectivity index (χ2v) is 6.48. The number of nitro groups is 1. The predicted octanol–water partition coefficient (Wildman–Crippen LogP) is 3.29. The van der Waals surface area contributed by atoms with Gasteiger partial charge in [-0.2, -0.15) is 9.78 Å². The summed E-state index contributed by atoms with van der Waals surface area (Å²) in [6, 6.07) is 9.65. The van der Waals surface area contributed by atoms with Gasteiger partial charge in [0.15, 0.2) is 10.8 Å². The van der Waals surface area contributed by atoms with Gasteiger partial charge in [-0.05, 0) is 17.4 Å². The van der Waals surface area contributed by atoms with Crippen LogP contribution in [0.1, 0.15) is 11.3 Å². The number of amides is 1. The summed E-state index contributed by atoms with van der Waals surface area (Å²) in [5.41, 5.74) is 1.35. The number of hydrogen-bond donors (Lipinski definition) is 1. The summed E-state index contributed by atoms with van der Waals surface area (Å²) in [6.07, 6.45) is 1.60. The second-order valence-electron chi connectivity index (χ2n) is 5.69. The molecule has 9 nitrogen and oxygen atoms in total. The van der Waals surface area contributed by atoms with Crippen molar-refractivity contribution < 1.29 is 9.72 Å². The van der Waals surface area contributed by atoms with Crippen LogP contribution < -0.4 is 5.32 Å². The molecule has 2 aromatic heterocycles. The number of anilines is 1. The van der Waals surface area contributed by atoms with Gasteiger partial charge in [0, 0.05) is 6.20 Å². The van der Waals surface area contributed by atoms with Gasteiger partial charge in [-0.3, -0.25) is 9.48 Å². The van der Waals surface area contributed by atoms with E-state index in [2.05, 4.69) is 15.5 Å². The fourth-order valence-electron chi connectivity index (χ4n) is 2.42. The molecule has 3 rings (SSSR count). The molecule has 140 valence electrons. The Hall–Kier alpha value is -2.91. The van der Waals surface area contributed by atoms with E-state index in [0.29, 0.717) is 12.2 Å². The van der Waals surface area contributed by atoms with Gasteiger partial charge < -0.3 is 15.4 Å². The molecule has 0 bridgehead atoms. The smallest absolute Gasteiger partial charge is 0.358 e. The Balaban J connectivity index is 1.70. The van der Waals surface area contributed by atoms with Gasteiger partial charge >= 0.3 is 5.82 Å². The van der Waals surface area contributed by atoms with Gasteiger partial charge in [0.1, 0.15) is 11.6 Å². The predicted molar refractivity (Wildman–Crippen MR) is 100 cm³/mol. The number of rotatable bonds is 6. The van der Waals surface area contributed by atoms with E-state index in [1.165, 1.54) is 6.92 Å². The molecule has 1 aromatic carbocycles. The lowest BCUT2D eigenvalue weighted by molar-refractivity contribution is -0.389. The van der Waals surface area contributed by atoms with Crippen molar-refractivity contribution in [1.29, 1.82) is 0 Å². The Kier molecular flexibility index (Phi) is 5.43. The van der Waals surface area contributed by atoms with Crippen LogP contribution in [0.25, 0.3) is 0 Å². The molecule has 1 amide bonds. The number of benzene rings is 1. The molecule has 0 aliphatic carbocycles. The van der Waals surface area contributed by atoms with Crippen LogP contribution in [0.4, 0.5) is 11.6 Å². The summed E-state index contributed by atoms with van der Waals surface area (Å²) >= 11 is 12.0. The molecular formula is C16H14Cl2N6O3. The van der Waals surface area contributed by atoms with Gasteiger partial charge in [0.2, 0.25) is 5.91 Å². The Morgan fingerprint density at radius 3 is 2.59 bits per heavy atom. The summed E-state index contributed by atoms with van der Waals surface area (Å²) in [7, 11) is 0. The molecule has 1 N–H and O–H groups in total. The Labute approximate surface area is 163 Å². The molecule has 0 spiro atoms. The Morgan fingerprint density at radius 2 is 1.96 bits per heavy atom. The van der Waals surface area contributed by atoms with Crippen LogP contribution in [0.3, 0.4) is 0 Å². The standard InChI is InChI=1S/C16H14Cl2N6O3/c1-10-14(18)16(24(26)27)21-23(10)9-13(25)19-15-12(17)8-22(20-15)7-11-5-3-2-4-6-11/h2-6,8H,7,9H2,1H3,(H,19,20,25). The minimum Gasteiger partial charge on any atom is -0.358 e. The van der Waals surface area contributed by atoms with Crippen LogP contribution >= 0.6 is 23.2 Å². The third-order valence-corrected chi connectivity index (χ3v) is 4.46. The SMILES string of the molecule is Cc1c(Cl)c([N+](=O)[O-])nn1CC(=O)Nc1nn(Cc2ccccc2)cc1Cl. The number of carbonyl (C=O) groups excluding carboxylic acids is 1. The summed E-state index contributed by atoms with van der Waals surface area (Å²) in [5.74, 6) is -0.783. The topological polar surface area (TPSA) is 108 Å². The van der Waals surface area contributed by atoms with Crippen LogP contribution in [0.15, 0.2) is 36.5 Å². The lowest BCUT2D eigenvalue weighted by atomic mass is 10.2. The second kappa shape index (κ2) is 7.77. The maximum absolute atomic E-state index is 12.3. The highest BCUT2D eigenvalue weighted by atomic mass is 35.5. The molecule has 0 saturated heterocycles. The number of carbonyl (C=O) groups is 1. The molecule has 0 aliphatic heterocycles. The van der Waals surface area contributed by atoms with Crippen molar-refractivity contribution in [3.05, 3.63) is 67.9 Å². The minimum absolute atomic E-state index is 0.0991. The van der Waals surface area contributed by atoms with Crippen LogP contribution in [-0.2, 0) is 17.9 Å². The quantitative estimate of drug-likeness (QED) is 0.497. The number of hydrogen-bond acceptors (Lipinski definition) is 5. The molecular weight excluding hydrogens is 395 g/mol. The van der Waals surface area contributed by atoms with Crippen molar-refractivity contribution >= 4 is 40.7 Å². The third kappa shape index (κ3) is 4.26. The zero-order valence-corrected chi connectivity index (χ0v) is 15.6. The fraction of sp³-hybridized carbons (Fsp3) is 0.188. The van der Waals surface area contributed by atoms with Gasteiger partial charge in [-0.25, -0.2) is 0 Å². The maximum Gasteiger partial charge on any atom is 0.408 e. The summed E-state index contributed by atoms with van der Waals surface area (Å²) in [4.78, 5) is 22.4. The van der Waals surface area contributed by atoms with Crippen molar-refractivity contribution in [1.82, 2.24) is 19.6 Å². The van der Waals surface area contributed by atoms with Crippen molar-refractivity contribution in [3.63, 3.8) is 0 Å². The summed E-state index contributed by atoms with van der Waals surface area (Å²) < 4.78 is 2.76. The van der Waals surface area contributed by atoms with Gasteiger partial charge in [-0.15, -0.1) is 0 Å². The van der Waals surface area contributed by atoms with Crippen molar-refractivity contribution in [3.8, 4) is 0 Å². The van der Waals surface area contributed by atoms with Gasteiger partial charge in [0.25, 0.3) is 0 Å². The molecule has 0 saturated carbocycles. The Morgan fingerprint density at radius 1 is 1.26 bits per heavy atom. The molecule has 0 atom stereocenters. The minimum atomic E-state index is -0.703. The molecule has 11 heteroatoms. The van der Waals surface area contributed by atoms with Crippen LogP contribution in [0, 0.1) is 17.0 Å². The highest BCUT2D eigenvalue weighted by Crippen LogP contribution is 2.26. The zero-order chi connectivity index (χ0) is 19.6. The fourth-order valence-corrected chi connectivity index (χ4v) is 2.82. The highest BCUT2D eigenvalue weighted by Gasteiger charge is 2.25. The van der Waals surface area contributed by atoms with Crippen LogP contribution in [0.5, 0.6) is 0 Å². The first-order valence-corrected chi connectivity index (χ1v) is 8.54. The highest BCUT2D eigenvalue weighted by molar-refractivity contribution is 6.33. The molecule has 27 heavy (non-hydrogen) atoms. The molecule has 0 aliphatic rings. The average molecular weight is 409 g/mol. The Bertz CT molecular complexity index is 999. The third-order valence-electron chi connectivity index (χ3n) is 3.75. The zero-order valence-electron chi connectivity index (χ0n) is 14.1. The normalized spacial score (nSPS) is 10.8. The number of halogens is 2. The first-order chi connectivity index (χ1) is 12.8. The van der Waals surface area contributed by atoms with E-state index in [9.17, 15) is 14.9 Å². The van der Waals surface area contributed by atoms with Crippen molar-refractivity contribution in [2.24, 2.45) is 0 Å². The van der Waals surface area contributed by atoms with E-state index in [1.54, 1.807) is 10.9 Å². The van der Waals surface area contributed by atoms with Crippen LogP contribution in [0.2, 0.25) is 10.0 Å². The summed E-state index contributed by atoms with van der Waals surface area (Å²) in [5, 5.41) is 21.6. The molecule has 0 unspecified atom stereocenters. The van der Waals surface area contributed by atoms with Crippen molar-refractivity contribution in [2.45, 2.75) is 20.0 Å². The lowest BCUT2D eigenvalue weighted by Gasteiger charge is -2.03. The van der Waals surface area contributed by atoms with E-state index in [-0.39, 0.29) is 22.4 Å². The number of aromatic nitrogens is 4. The number of nitrogens with zero attached hydrogens (tertiary/aromatic N) is 5. The van der Waals surface area contributed by atoms with Gasteiger partial charge in [0.05, 0.1) is 17.3 Å². The van der Waals surface area contributed by atoms with Gasteiger partial charge in [-0.1, -0.05) is 53.5 Å². The largest absolute Gasteiger partial charge is 0.408 e. The van der Waals surface area contributed by atoms with E-state index < -0.39 is 16.6 Å². The maximum atomic E-state index is 12.3. The first-order valence-electron chi connectivity index (χ1n) is 7.79. The van der Waals surface area contributed by atoms with Crippen molar-refractivity contribution in [2.75, 3.05) is 5.32 Å². The number of nitrogens with one attached hydrogen (secondary N) is 1. The molecule has 2 heterocycles. The van der Waals surface area contributed by atoms with Crippen LogP contribution in [-0.4, -0.2) is 30.4 Å². The monoisotopic (exact) mass is 408 g/mol. The van der Waals surface area contributed by atoms with E-state index in [0.717, 1.165) is 10.2 Å². The average Bonchev–Trinajstić information content (AvgIpc) is 3.10. The van der Waals surface area contributed by atoms with E-state index in [1.807, 2.05) is 30.3 Å². The lowest BCUT2D eigenvalue weighted by Crippen LogP contribution is -2.21. The van der Waals surface area contributed by atoms with E-state index >= 15 is 0 Å².